The highest BCUT2D eigenvalue weighted by Crippen LogP contribution is 2.22. The van der Waals surface area contributed by atoms with E-state index in [1.54, 1.807) is 18.2 Å². The molecule has 5 heteroatoms. The maximum absolute atomic E-state index is 12.0. The van der Waals surface area contributed by atoms with Gasteiger partial charge in [-0.1, -0.05) is 0 Å². The third kappa shape index (κ3) is 3.65. The summed E-state index contributed by atoms with van der Waals surface area (Å²) in [6.45, 7) is 0.779. The Morgan fingerprint density at radius 2 is 2.17 bits per heavy atom. The zero-order valence-corrected chi connectivity index (χ0v) is 12.5. The second kappa shape index (κ2) is 6.48. The van der Waals surface area contributed by atoms with Crippen molar-refractivity contribution in [3.63, 3.8) is 0 Å². The number of benzene rings is 1. The van der Waals surface area contributed by atoms with Gasteiger partial charge in [0.05, 0.1) is 0 Å². The molecule has 1 aromatic rings. The Bertz CT molecular complexity index is 433. The highest BCUT2D eigenvalue weighted by atomic mass is 79.9. The van der Waals surface area contributed by atoms with Crippen LogP contribution in [0.3, 0.4) is 0 Å². The van der Waals surface area contributed by atoms with Gasteiger partial charge >= 0.3 is 0 Å². The molecule has 1 fully saturated rings. The van der Waals surface area contributed by atoms with Crippen LogP contribution in [0.1, 0.15) is 23.2 Å². The summed E-state index contributed by atoms with van der Waals surface area (Å²) in [5, 5.41) is 3.01. The van der Waals surface area contributed by atoms with E-state index < -0.39 is 0 Å². The fourth-order valence-electron chi connectivity index (χ4n) is 1.96. The molecule has 0 radical (unpaired) electrons. The number of nitrogens with one attached hydrogen (secondary N) is 1. The highest BCUT2D eigenvalue weighted by Gasteiger charge is 2.15. The number of hydrogen-bond acceptors (Lipinski definition) is 3. The second-order valence-corrected chi connectivity index (χ2v) is 6.58. The van der Waals surface area contributed by atoms with Crippen LogP contribution in [0.4, 0.5) is 5.69 Å². The lowest BCUT2D eigenvalue weighted by molar-refractivity contribution is 0.0946. The third-order valence-corrected chi connectivity index (χ3v) is 4.89. The zero-order chi connectivity index (χ0) is 13.0. The molecule has 18 heavy (non-hydrogen) atoms. The lowest BCUT2D eigenvalue weighted by atomic mass is 10.0. The molecule has 2 rings (SSSR count). The van der Waals surface area contributed by atoms with Gasteiger partial charge in [0.25, 0.3) is 5.91 Å². The average Bonchev–Trinajstić information content (AvgIpc) is 2.40. The molecule has 0 aromatic heterocycles. The number of thioether (sulfide) groups is 1. The van der Waals surface area contributed by atoms with Crippen molar-refractivity contribution in [1.29, 1.82) is 0 Å². The molecule has 1 heterocycles. The number of amides is 1. The third-order valence-electron chi connectivity index (χ3n) is 3.15. The summed E-state index contributed by atoms with van der Waals surface area (Å²) in [4.78, 5) is 12.0. The van der Waals surface area contributed by atoms with Gasteiger partial charge in [-0.3, -0.25) is 4.79 Å². The lowest BCUT2D eigenvalue weighted by Crippen LogP contribution is -2.30. The first-order valence-corrected chi connectivity index (χ1v) is 8.02. The zero-order valence-electron chi connectivity index (χ0n) is 10.1. The minimum absolute atomic E-state index is 0.0195. The molecule has 0 bridgehead atoms. The van der Waals surface area contributed by atoms with Crippen LogP contribution in [-0.4, -0.2) is 24.0 Å². The largest absolute Gasteiger partial charge is 0.398 e. The summed E-state index contributed by atoms with van der Waals surface area (Å²) in [5.74, 6) is 3.04. The number of nitrogens with two attached hydrogens (primary N) is 1. The van der Waals surface area contributed by atoms with Gasteiger partial charge in [0.15, 0.2) is 0 Å². The van der Waals surface area contributed by atoms with Gasteiger partial charge in [0.1, 0.15) is 0 Å². The maximum atomic E-state index is 12.0. The molecule has 0 atom stereocenters. The molecule has 1 aliphatic heterocycles. The molecule has 1 amide bonds. The summed E-state index contributed by atoms with van der Waals surface area (Å²) < 4.78 is 0.768. The molecule has 1 aromatic carbocycles. The number of carbonyl (C=O) groups excluding carboxylic acids is 1. The average molecular weight is 329 g/mol. The predicted octanol–water partition coefficient (Wildman–Crippen LogP) is 2.90. The minimum Gasteiger partial charge on any atom is -0.398 e. The maximum Gasteiger partial charge on any atom is 0.251 e. The summed E-state index contributed by atoms with van der Waals surface area (Å²) in [5.41, 5.74) is 7.00. The number of hydrogen-bond donors (Lipinski definition) is 2. The molecule has 0 aliphatic carbocycles. The van der Waals surface area contributed by atoms with Crippen molar-refractivity contribution in [2.45, 2.75) is 12.8 Å². The smallest absolute Gasteiger partial charge is 0.251 e. The number of nitrogen functional groups attached to an aromatic ring is 1. The monoisotopic (exact) mass is 328 g/mol. The molecular formula is C13H17BrN2OS. The topological polar surface area (TPSA) is 55.1 Å². The first-order valence-electron chi connectivity index (χ1n) is 6.08. The van der Waals surface area contributed by atoms with Crippen LogP contribution in [0.2, 0.25) is 0 Å². The molecule has 1 saturated heterocycles. The van der Waals surface area contributed by atoms with Crippen LogP contribution >= 0.6 is 27.7 Å². The summed E-state index contributed by atoms with van der Waals surface area (Å²) in [6, 6.07) is 5.27. The van der Waals surface area contributed by atoms with E-state index in [-0.39, 0.29) is 5.91 Å². The van der Waals surface area contributed by atoms with E-state index in [1.165, 1.54) is 24.3 Å². The SMILES string of the molecule is Nc1ccc(C(=O)NCC2CCSCC2)cc1Br. The van der Waals surface area contributed by atoms with Gasteiger partial charge in [-0.05, 0) is 64.4 Å². The summed E-state index contributed by atoms with van der Waals surface area (Å²) in [6.07, 6.45) is 2.41. The Morgan fingerprint density at radius 1 is 1.44 bits per heavy atom. The van der Waals surface area contributed by atoms with E-state index in [0.717, 1.165) is 11.0 Å². The Labute approximate surface area is 120 Å². The van der Waals surface area contributed by atoms with Crippen molar-refractivity contribution >= 4 is 39.3 Å². The number of halogens is 1. The number of carbonyl (C=O) groups is 1. The second-order valence-electron chi connectivity index (χ2n) is 4.50. The van der Waals surface area contributed by atoms with E-state index in [0.29, 0.717) is 17.2 Å². The number of anilines is 1. The minimum atomic E-state index is -0.0195. The summed E-state index contributed by atoms with van der Waals surface area (Å²) in [7, 11) is 0. The van der Waals surface area contributed by atoms with Gasteiger partial charge in [0, 0.05) is 22.3 Å². The van der Waals surface area contributed by atoms with E-state index in [2.05, 4.69) is 21.2 Å². The molecule has 1 aliphatic rings. The van der Waals surface area contributed by atoms with Gasteiger partial charge in [-0.2, -0.15) is 11.8 Å². The van der Waals surface area contributed by atoms with Crippen LogP contribution in [-0.2, 0) is 0 Å². The van der Waals surface area contributed by atoms with Gasteiger partial charge < -0.3 is 11.1 Å². The van der Waals surface area contributed by atoms with E-state index >= 15 is 0 Å². The van der Waals surface area contributed by atoms with Crippen molar-refractivity contribution in [3.05, 3.63) is 28.2 Å². The van der Waals surface area contributed by atoms with Crippen LogP contribution in [0, 0.1) is 5.92 Å². The fourth-order valence-corrected chi connectivity index (χ4v) is 3.54. The molecule has 0 spiro atoms. The van der Waals surface area contributed by atoms with E-state index in [4.69, 9.17) is 5.73 Å². The van der Waals surface area contributed by atoms with Crippen LogP contribution in [0.25, 0.3) is 0 Å². The predicted molar refractivity (Wildman–Crippen MR) is 80.9 cm³/mol. The van der Waals surface area contributed by atoms with Crippen LogP contribution in [0.15, 0.2) is 22.7 Å². The highest BCUT2D eigenvalue weighted by molar-refractivity contribution is 9.10. The first-order chi connectivity index (χ1) is 8.66. The first kappa shape index (κ1) is 13.7. The Kier molecular flexibility index (Phi) is 4.95. The number of rotatable bonds is 3. The standard InChI is InChI=1S/C13H17BrN2OS/c14-11-7-10(1-2-12(11)15)13(17)16-8-9-3-5-18-6-4-9/h1-2,7,9H,3-6,8,15H2,(H,16,17). The van der Waals surface area contributed by atoms with Crippen molar-refractivity contribution in [3.8, 4) is 0 Å². The molecule has 0 saturated carbocycles. The Morgan fingerprint density at radius 3 is 2.83 bits per heavy atom. The van der Waals surface area contributed by atoms with E-state index in [1.807, 2.05) is 11.8 Å². The summed E-state index contributed by atoms with van der Waals surface area (Å²) >= 11 is 5.33. The van der Waals surface area contributed by atoms with E-state index in [9.17, 15) is 4.79 Å². The normalized spacial score (nSPS) is 16.5. The van der Waals surface area contributed by atoms with Crippen LogP contribution < -0.4 is 11.1 Å². The van der Waals surface area contributed by atoms with Crippen LogP contribution in [0.5, 0.6) is 0 Å². The quantitative estimate of drug-likeness (QED) is 0.839. The fraction of sp³-hybridized carbons (Fsp3) is 0.462. The molecule has 3 N–H and O–H groups in total. The van der Waals surface area contributed by atoms with Crippen molar-refractivity contribution in [2.75, 3.05) is 23.8 Å². The Hall–Kier alpha value is -0.680. The van der Waals surface area contributed by atoms with Crippen molar-refractivity contribution < 1.29 is 4.79 Å². The molecule has 0 unspecified atom stereocenters. The van der Waals surface area contributed by atoms with Gasteiger partial charge in [-0.25, -0.2) is 0 Å². The van der Waals surface area contributed by atoms with Crippen molar-refractivity contribution in [2.24, 2.45) is 5.92 Å². The molecular weight excluding hydrogens is 312 g/mol. The molecule has 98 valence electrons. The lowest BCUT2D eigenvalue weighted by Gasteiger charge is -2.21. The van der Waals surface area contributed by atoms with Gasteiger partial charge in [0.2, 0.25) is 0 Å². The Balaban J connectivity index is 1.88. The molecule has 3 nitrogen and oxygen atoms in total. The van der Waals surface area contributed by atoms with Crippen molar-refractivity contribution in [1.82, 2.24) is 5.32 Å². The van der Waals surface area contributed by atoms with Gasteiger partial charge in [-0.15, -0.1) is 0 Å².